The van der Waals surface area contributed by atoms with Crippen LogP contribution < -0.4 is 5.32 Å². The fraction of sp³-hybridized carbons (Fsp3) is 0.333. The highest BCUT2D eigenvalue weighted by Crippen LogP contribution is 2.24. The van der Waals surface area contributed by atoms with Crippen LogP contribution in [-0.4, -0.2) is 22.0 Å². The molecule has 0 saturated heterocycles. The number of nitrogens with one attached hydrogen (secondary N) is 1. The second-order valence-corrected chi connectivity index (χ2v) is 8.15. The minimum Gasteiger partial charge on any atom is -0.353 e. The highest BCUT2D eigenvalue weighted by atomic mass is 16.1. The number of aryl methyl sites for hydroxylation is 1. The summed E-state index contributed by atoms with van der Waals surface area (Å²) < 4.78 is 2.29. The molecule has 4 nitrogen and oxygen atoms in total. The third kappa shape index (κ3) is 4.69. The van der Waals surface area contributed by atoms with Crippen LogP contribution in [0.4, 0.5) is 0 Å². The number of imidazole rings is 1. The highest BCUT2D eigenvalue weighted by molar-refractivity contribution is 5.86. The Morgan fingerprint density at radius 3 is 2.54 bits per heavy atom. The first-order valence-electron chi connectivity index (χ1n) is 9.82. The maximum absolute atomic E-state index is 11.3. The lowest BCUT2D eigenvalue weighted by molar-refractivity contribution is -0.116. The second kappa shape index (κ2) is 8.42. The molecule has 0 fully saturated rings. The van der Waals surface area contributed by atoms with Crippen LogP contribution >= 0.6 is 0 Å². The van der Waals surface area contributed by atoms with Crippen LogP contribution in [0.3, 0.4) is 0 Å². The van der Waals surface area contributed by atoms with Gasteiger partial charge >= 0.3 is 0 Å². The van der Waals surface area contributed by atoms with Crippen molar-refractivity contribution in [2.45, 2.75) is 45.6 Å². The number of hydrogen-bond acceptors (Lipinski definition) is 2. The molecule has 1 heterocycles. The molecule has 28 heavy (non-hydrogen) atoms. The molecule has 3 rings (SSSR count). The monoisotopic (exact) mass is 375 g/mol. The standard InChI is InChI=1S/C24H29N3O/c1-5-23(28)25-16-8-11-22-26-20-9-6-7-10-21(20)27(22)17-18-12-14-19(15-13-18)24(2,3)4/h5-7,9-10,12-15H,1,8,11,16-17H2,2-4H3,(H,25,28). The minimum absolute atomic E-state index is 0.132. The molecule has 0 radical (unpaired) electrons. The van der Waals surface area contributed by atoms with Crippen LogP contribution in [0.1, 0.15) is 44.1 Å². The fourth-order valence-corrected chi connectivity index (χ4v) is 3.32. The summed E-state index contributed by atoms with van der Waals surface area (Å²) in [6.45, 7) is 11.6. The Morgan fingerprint density at radius 2 is 1.86 bits per heavy atom. The number of carbonyl (C=O) groups is 1. The highest BCUT2D eigenvalue weighted by Gasteiger charge is 2.14. The van der Waals surface area contributed by atoms with Crippen molar-refractivity contribution in [3.8, 4) is 0 Å². The fourth-order valence-electron chi connectivity index (χ4n) is 3.32. The number of para-hydroxylation sites is 2. The van der Waals surface area contributed by atoms with Crippen LogP contribution in [0.5, 0.6) is 0 Å². The maximum Gasteiger partial charge on any atom is 0.243 e. The van der Waals surface area contributed by atoms with Crippen molar-refractivity contribution in [2.75, 3.05) is 6.54 Å². The Hall–Kier alpha value is -2.88. The molecule has 0 aliphatic carbocycles. The van der Waals surface area contributed by atoms with Gasteiger partial charge in [0.25, 0.3) is 0 Å². The number of benzene rings is 2. The van der Waals surface area contributed by atoms with Crippen LogP contribution in [0.2, 0.25) is 0 Å². The predicted molar refractivity (Wildman–Crippen MR) is 116 cm³/mol. The Bertz CT molecular complexity index is 962. The van der Waals surface area contributed by atoms with Gasteiger partial charge in [-0.2, -0.15) is 0 Å². The summed E-state index contributed by atoms with van der Waals surface area (Å²) in [5.41, 5.74) is 4.91. The summed E-state index contributed by atoms with van der Waals surface area (Å²) in [4.78, 5) is 16.2. The molecule has 1 N–H and O–H groups in total. The smallest absolute Gasteiger partial charge is 0.243 e. The van der Waals surface area contributed by atoms with E-state index in [4.69, 9.17) is 4.98 Å². The zero-order valence-corrected chi connectivity index (χ0v) is 17.0. The van der Waals surface area contributed by atoms with E-state index >= 15 is 0 Å². The summed E-state index contributed by atoms with van der Waals surface area (Å²) in [5, 5.41) is 2.83. The third-order valence-corrected chi connectivity index (χ3v) is 4.96. The molecule has 1 aromatic heterocycles. The van der Waals surface area contributed by atoms with Crippen molar-refractivity contribution in [3.05, 3.63) is 78.1 Å². The molecule has 0 unspecified atom stereocenters. The molecule has 0 bridgehead atoms. The topological polar surface area (TPSA) is 46.9 Å². The van der Waals surface area contributed by atoms with E-state index in [0.29, 0.717) is 6.54 Å². The quantitative estimate of drug-likeness (QED) is 0.484. The molecule has 4 heteroatoms. The molecule has 0 aliphatic rings. The van der Waals surface area contributed by atoms with Gasteiger partial charge in [-0.05, 0) is 41.2 Å². The van der Waals surface area contributed by atoms with E-state index in [1.165, 1.54) is 17.2 Å². The van der Waals surface area contributed by atoms with Gasteiger partial charge in [-0.15, -0.1) is 0 Å². The van der Waals surface area contributed by atoms with Gasteiger partial charge < -0.3 is 9.88 Å². The lowest BCUT2D eigenvalue weighted by atomic mass is 9.87. The average Bonchev–Trinajstić information content (AvgIpc) is 3.02. The maximum atomic E-state index is 11.3. The van der Waals surface area contributed by atoms with Gasteiger partial charge in [0.1, 0.15) is 5.82 Å². The first kappa shape index (κ1) is 19.9. The third-order valence-electron chi connectivity index (χ3n) is 4.96. The van der Waals surface area contributed by atoms with E-state index in [1.54, 1.807) is 0 Å². The molecule has 2 aromatic carbocycles. The van der Waals surface area contributed by atoms with Crippen LogP contribution in [0.25, 0.3) is 11.0 Å². The summed E-state index contributed by atoms with van der Waals surface area (Å²) in [7, 11) is 0. The Kier molecular flexibility index (Phi) is 5.98. The average molecular weight is 376 g/mol. The van der Waals surface area contributed by atoms with Crippen molar-refractivity contribution in [2.24, 2.45) is 0 Å². The van der Waals surface area contributed by atoms with Crippen LogP contribution in [0, 0.1) is 0 Å². The number of carbonyl (C=O) groups excluding carboxylic acids is 1. The minimum atomic E-state index is -0.132. The van der Waals surface area contributed by atoms with Crippen molar-refractivity contribution < 1.29 is 4.79 Å². The van der Waals surface area contributed by atoms with Crippen molar-refractivity contribution in [1.29, 1.82) is 0 Å². The summed E-state index contributed by atoms with van der Waals surface area (Å²) in [6.07, 6.45) is 2.95. The zero-order chi connectivity index (χ0) is 20.1. The molecule has 0 atom stereocenters. The first-order valence-corrected chi connectivity index (χ1v) is 9.82. The summed E-state index contributed by atoms with van der Waals surface area (Å²) >= 11 is 0. The van der Waals surface area contributed by atoms with Gasteiger partial charge in [0.05, 0.1) is 11.0 Å². The molecular formula is C24H29N3O. The molecule has 0 saturated carbocycles. The Labute approximate surface area is 167 Å². The largest absolute Gasteiger partial charge is 0.353 e. The van der Waals surface area contributed by atoms with E-state index in [2.05, 4.69) is 79.7 Å². The van der Waals surface area contributed by atoms with E-state index < -0.39 is 0 Å². The molecular weight excluding hydrogens is 346 g/mol. The van der Waals surface area contributed by atoms with Crippen LogP contribution in [-0.2, 0) is 23.2 Å². The number of rotatable bonds is 7. The Balaban J connectivity index is 1.80. The molecule has 0 aliphatic heterocycles. The lowest BCUT2D eigenvalue weighted by Crippen LogP contribution is -2.22. The van der Waals surface area contributed by atoms with E-state index in [9.17, 15) is 4.79 Å². The lowest BCUT2D eigenvalue weighted by Gasteiger charge is -2.19. The van der Waals surface area contributed by atoms with Gasteiger partial charge in [0, 0.05) is 19.5 Å². The van der Waals surface area contributed by atoms with Gasteiger partial charge in [-0.25, -0.2) is 4.98 Å². The van der Waals surface area contributed by atoms with Gasteiger partial charge in [-0.3, -0.25) is 4.79 Å². The SMILES string of the molecule is C=CC(=O)NCCCc1nc2ccccc2n1Cc1ccc(C(C)(C)C)cc1. The van der Waals surface area contributed by atoms with Crippen molar-refractivity contribution >= 4 is 16.9 Å². The van der Waals surface area contributed by atoms with E-state index in [0.717, 1.165) is 36.2 Å². The van der Waals surface area contributed by atoms with Crippen molar-refractivity contribution in [1.82, 2.24) is 14.9 Å². The summed E-state index contributed by atoms with van der Waals surface area (Å²) in [5.74, 6) is 0.918. The molecule has 3 aromatic rings. The van der Waals surface area contributed by atoms with E-state index in [1.807, 2.05) is 6.07 Å². The number of amides is 1. The van der Waals surface area contributed by atoms with Gasteiger partial charge in [-0.1, -0.05) is 63.7 Å². The van der Waals surface area contributed by atoms with Gasteiger partial charge in [0.15, 0.2) is 0 Å². The Morgan fingerprint density at radius 1 is 1.14 bits per heavy atom. The van der Waals surface area contributed by atoms with Crippen molar-refractivity contribution in [3.63, 3.8) is 0 Å². The number of fused-ring (bicyclic) bond motifs is 1. The molecule has 146 valence electrons. The number of hydrogen-bond donors (Lipinski definition) is 1. The second-order valence-electron chi connectivity index (χ2n) is 8.15. The van der Waals surface area contributed by atoms with Gasteiger partial charge in [0.2, 0.25) is 5.91 Å². The zero-order valence-electron chi connectivity index (χ0n) is 17.0. The first-order chi connectivity index (χ1) is 13.4. The molecule has 1 amide bonds. The van der Waals surface area contributed by atoms with E-state index in [-0.39, 0.29) is 11.3 Å². The number of nitrogens with zero attached hydrogens (tertiary/aromatic N) is 2. The normalized spacial score (nSPS) is 11.5. The van der Waals surface area contributed by atoms with Crippen LogP contribution in [0.15, 0.2) is 61.2 Å². The molecule has 0 spiro atoms. The number of aromatic nitrogens is 2. The summed E-state index contributed by atoms with van der Waals surface area (Å²) in [6, 6.07) is 17.1. The predicted octanol–water partition coefficient (Wildman–Crippen LogP) is 4.62.